The predicted molar refractivity (Wildman–Crippen MR) is 63.7 cm³/mol. The van der Waals surface area contributed by atoms with Gasteiger partial charge in [-0.3, -0.25) is 5.10 Å². The zero-order valence-corrected chi connectivity index (χ0v) is 9.57. The minimum atomic E-state index is -4.61. The maximum absolute atomic E-state index is 12.6. The molecule has 0 aliphatic rings. The maximum atomic E-state index is 12.6. The second-order valence-corrected chi connectivity index (χ2v) is 3.71. The standard InChI is InChI=1S/C13H8F3N3/c14-13(15,16)12-10(8-17)11(18-19-12)7-6-9-4-2-1-3-5-9/h1-7H,(H,18,19). The van der Waals surface area contributed by atoms with E-state index >= 15 is 0 Å². The molecule has 1 aromatic carbocycles. The summed E-state index contributed by atoms with van der Waals surface area (Å²) >= 11 is 0. The van der Waals surface area contributed by atoms with Crippen molar-refractivity contribution >= 4 is 12.2 Å². The van der Waals surface area contributed by atoms with Gasteiger partial charge in [0.1, 0.15) is 17.3 Å². The first kappa shape index (κ1) is 12.9. The number of benzene rings is 1. The minimum Gasteiger partial charge on any atom is -0.272 e. The van der Waals surface area contributed by atoms with E-state index in [9.17, 15) is 13.2 Å². The van der Waals surface area contributed by atoms with Crippen LogP contribution in [0.2, 0.25) is 0 Å². The van der Waals surface area contributed by atoms with Crippen LogP contribution in [-0.2, 0) is 6.18 Å². The Kier molecular flexibility index (Phi) is 3.38. The molecule has 0 saturated carbocycles. The third-order valence-electron chi connectivity index (χ3n) is 2.42. The molecule has 0 saturated heterocycles. The van der Waals surface area contributed by atoms with Crippen molar-refractivity contribution in [1.82, 2.24) is 10.2 Å². The molecule has 0 atom stereocenters. The molecule has 1 aromatic heterocycles. The van der Waals surface area contributed by atoms with Crippen molar-refractivity contribution < 1.29 is 13.2 Å². The third kappa shape index (κ3) is 2.83. The first-order valence-corrected chi connectivity index (χ1v) is 5.31. The number of aromatic amines is 1. The molecule has 1 N–H and O–H groups in total. The van der Waals surface area contributed by atoms with Crippen molar-refractivity contribution in [2.24, 2.45) is 0 Å². The van der Waals surface area contributed by atoms with Gasteiger partial charge in [-0.1, -0.05) is 36.4 Å². The van der Waals surface area contributed by atoms with E-state index in [1.807, 2.05) is 11.2 Å². The Balaban J connectivity index is 2.35. The van der Waals surface area contributed by atoms with Crippen LogP contribution < -0.4 is 0 Å². The second-order valence-electron chi connectivity index (χ2n) is 3.71. The van der Waals surface area contributed by atoms with E-state index in [4.69, 9.17) is 5.26 Å². The molecule has 96 valence electrons. The summed E-state index contributed by atoms with van der Waals surface area (Å²) in [5, 5.41) is 14.2. The number of nitriles is 1. The Bertz CT molecular complexity index is 633. The Labute approximate surface area is 107 Å². The van der Waals surface area contributed by atoms with Gasteiger partial charge in [0.15, 0.2) is 5.69 Å². The van der Waals surface area contributed by atoms with Crippen LogP contribution in [0.5, 0.6) is 0 Å². The first-order chi connectivity index (χ1) is 9.02. The number of hydrogen-bond acceptors (Lipinski definition) is 2. The Morgan fingerprint density at radius 3 is 2.42 bits per heavy atom. The Hall–Kier alpha value is -2.55. The normalized spacial score (nSPS) is 11.7. The van der Waals surface area contributed by atoms with Crippen molar-refractivity contribution in [2.45, 2.75) is 6.18 Å². The van der Waals surface area contributed by atoms with E-state index in [2.05, 4.69) is 5.10 Å². The maximum Gasteiger partial charge on any atom is 0.434 e. The third-order valence-corrected chi connectivity index (χ3v) is 2.42. The smallest absolute Gasteiger partial charge is 0.272 e. The number of aromatic nitrogens is 2. The number of rotatable bonds is 2. The number of hydrogen-bond donors (Lipinski definition) is 1. The van der Waals surface area contributed by atoms with E-state index < -0.39 is 17.4 Å². The summed E-state index contributed by atoms with van der Waals surface area (Å²) in [5.41, 5.74) is -0.844. The van der Waals surface area contributed by atoms with Gasteiger partial charge in [0.25, 0.3) is 0 Å². The molecule has 19 heavy (non-hydrogen) atoms. The summed E-state index contributed by atoms with van der Waals surface area (Å²) in [6, 6.07) is 10.5. The number of H-pyrrole nitrogens is 1. The predicted octanol–water partition coefficient (Wildman–Crippen LogP) is 3.47. The van der Waals surface area contributed by atoms with Gasteiger partial charge in [-0.05, 0) is 11.6 Å². The lowest BCUT2D eigenvalue weighted by Crippen LogP contribution is -2.07. The SMILES string of the molecule is N#Cc1c(C=Cc2ccccc2)n[nH]c1C(F)(F)F. The van der Waals surface area contributed by atoms with Crippen LogP contribution in [0.1, 0.15) is 22.5 Å². The van der Waals surface area contributed by atoms with E-state index in [0.29, 0.717) is 0 Å². The lowest BCUT2D eigenvalue weighted by atomic mass is 10.1. The van der Waals surface area contributed by atoms with Crippen LogP contribution in [0.15, 0.2) is 30.3 Å². The molecule has 0 spiro atoms. The molecule has 6 heteroatoms. The molecule has 0 aliphatic heterocycles. The topological polar surface area (TPSA) is 52.5 Å². The number of halogens is 3. The first-order valence-electron chi connectivity index (χ1n) is 5.31. The summed E-state index contributed by atoms with van der Waals surface area (Å²) in [4.78, 5) is 0. The molecule has 0 bridgehead atoms. The van der Waals surface area contributed by atoms with Gasteiger partial charge in [-0.2, -0.15) is 23.5 Å². The van der Waals surface area contributed by atoms with Crippen LogP contribution >= 0.6 is 0 Å². The quantitative estimate of drug-likeness (QED) is 0.901. The second kappa shape index (κ2) is 4.98. The molecule has 0 unspecified atom stereocenters. The summed E-state index contributed by atoms with van der Waals surface area (Å²) < 4.78 is 37.7. The highest BCUT2D eigenvalue weighted by atomic mass is 19.4. The fourth-order valence-electron chi connectivity index (χ4n) is 1.53. The van der Waals surface area contributed by atoms with E-state index in [-0.39, 0.29) is 5.69 Å². The van der Waals surface area contributed by atoms with Gasteiger partial charge in [0.05, 0.1) is 0 Å². The van der Waals surface area contributed by atoms with Gasteiger partial charge >= 0.3 is 6.18 Å². The molecule has 0 aliphatic carbocycles. The molecule has 3 nitrogen and oxygen atoms in total. The molecule has 0 fully saturated rings. The van der Waals surface area contributed by atoms with E-state index in [1.165, 1.54) is 12.1 Å². The fraction of sp³-hybridized carbons (Fsp3) is 0.0769. The van der Waals surface area contributed by atoms with Gasteiger partial charge < -0.3 is 0 Å². The lowest BCUT2D eigenvalue weighted by Gasteiger charge is -2.01. The molecule has 2 rings (SSSR count). The molecular weight excluding hydrogens is 255 g/mol. The molecular formula is C13H8F3N3. The van der Waals surface area contributed by atoms with Crippen molar-refractivity contribution in [3.05, 3.63) is 52.8 Å². The fourth-order valence-corrected chi connectivity index (χ4v) is 1.53. The number of alkyl halides is 3. The van der Waals surface area contributed by atoms with E-state index in [0.717, 1.165) is 5.56 Å². The summed E-state index contributed by atoms with van der Waals surface area (Å²) in [7, 11) is 0. The van der Waals surface area contributed by atoms with Crippen molar-refractivity contribution in [1.29, 1.82) is 5.26 Å². The Morgan fingerprint density at radius 2 is 1.84 bits per heavy atom. The van der Waals surface area contributed by atoms with Crippen LogP contribution in [-0.4, -0.2) is 10.2 Å². The highest BCUT2D eigenvalue weighted by Gasteiger charge is 2.37. The summed E-state index contributed by atoms with van der Waals surface area (Å²) in [5.74, 6) is 0. The zero-order chi connectivity index (χ0) is 13.9. The lowest BCUT2D eigenvalue weighted by molar-refractivity contribution is -0.141. The van der Waals surface area contributed by atoms with Crippen molar-refractivity contribution in [3.8, 4) is 6.07 Å². The largest absolute Gasteiger partial charge is 0.434 e. The van der Waals surface area contributed by atoms with E-state index in [1.54, 1.807) is 30.3 Å². The molecule has 0 amide bonds. The zero-order valence-electron chi connectivity index (χ0n) is 9.57. The Morgan fingerprint density at radius 1 is 1.16 bits per heavy atom. The van der Waals surface area contributed by atoms with Gasteiger partial charge in [-0.25, -0.2) is 0 Å². The van der Waals surface area contributed by atoms with Crippen molar-refractivity contribution in [3.63, 3.8) is 0 Å². The molecule has 1 heterocycles. The van der Waals surface area contributed by atoms with Gasteiger partial charge in [-0.15, -0.1) is 0 Å². The summed E-state index contributed by atoms with van der Waals surface area (Å²) in [6.07, 6.45) is -1.65. The highest BCUT2D eigenvalue weighted by Crippen LogP contribution is 2.31. The van der Waals surface area contributed by atoms with Crippen LogP contribution in [0.25, 0.3) is 12.2 Å². The van der Waals surface area contributed by atoms with Crippen molar-refractivity contribution in [2.75, 3.05) is 0 Å². The van der Waals surface area contributed by atoms with Crippen LogP contribution in [0.3, 0.4) is 0 Å². The van der Waals surface area contributed by atoms with Crippen LogP contribution in [0.4, 0.5) is 13.2 Å². The molecule has 0 radical (unpaired) electrons. The average molecular weight is 263 g/mol. The molecule has 2 aromatic rings. The summed E-state index contributed by atoms with van der Waals surface area (Å²) in [6.45, 7) is 0. The van der Waals surface area contributed by atoms with Gasteiger partial charge in [0.2, 0.25) is 0 Å². The average Bonchev–Trinajstić information content (AvgIpc) is 2.80. The number of nitrogens with zero attached hydrogens (tertiary/aromatic N) is 2. The monoisotopic (exact) mass is 263 g/mol. The highest BCUT2D eigenvalue weighted by molar-refractivity contribution is 5.71. The number of nitrogens with one attached hydrogen (secondary N) is 1. The minimum absolute atomic E-state index is 0.0290. The van der Waals surface area contributed by atoms with Crippen LogP contribution in [0, 0.1) is 11.3 Å². The van der Waals surface area contributed by atoms with Gasteiger partial charge in [0, 0.05) is 0 Å².